The summed E-state index contributed by atoms with van der Waals surface area (Å²) in [5, 5.41) is 26.9. The minimum absolute atomic E-state index is 0.000819. The summed E-state index contributed by atoms with van der Waals surface area (Å²) in [6, 6.07) is 6.17. The molecule has 2 heterocycles. The highest BCUT2D eigenvalue weighted by atomic mass is 33.1. The van der Waals surface area contributed by atoms with Crippen molar-refractivity contribution in [1.82, 2.24) is 36.8 Å². The first-order valence-electron chi connectivity index (χ1n) is 27.1. The number of likely N-dealkylation sites (tertiary alicyclic amines) is 1. The molecule has 0 aromatic heterocycles. The first-order valence-corrected chi connectivity index (χ1v) is 29.4. The normalized spacial score (nSPS) is 24.7. The van der Waals surface area contributed by atoms with Crippen molar-refractivity contribution in [3.8, 4) is 5.75 Å². The van der Waals surface area contributed by atoms with E-state index in [1.165, 1.54) is 38.6 Å². The van der Waals surface area contributed by atoms with Crippen LogP contribution in [-0.2, 0) is 56.0 Å². The van der Waals surface area contributed by atoms with E-state index in [4.69, 9.17) is 22.9 Å². The molecule has 0 spiro atoms. The van der Waals surface area contributed by atoms with Gasteiger partial charge in [-0.05, 0) is 92.4 Å². The molecule has 22 nitrogen and oxygen atoms in total. The SMILES string of the molecule is CC(C)[C@@H]1NC(=O)[C@H](Cc2ccccc2)NC(=O)[C@@H](Cc2ccc(O)cc2)NC(=O)CC(C2CCCC2)(C2CCCC2)SSC[C@@H](C(=O)N2CCC[C@@H]2C(=O)N[C@@H](CCCN=C(N)N)C(N)=O)NC(=O)[C@H](CC(N)=O)NC1=O. The van der Waals surface area contributed by atoms with Crippen LogP contribution in [0.4, 0.5) is 0 Å². The number of phenolic OH excluding ortho intramolecular Hbond substituents is 1. The van der Waals surface area contributed by atoms with Crippen molar-refractivity contribution in [2.75, 3.05) is 18.8 Å². The predicted octanol–water partition coefficient (Wildman–Crippen LogP) is 1.05. The van der Waals surface area contributed by atoms with Crippen molar-refractivity contribution in [3.05, 3.63) is 65.7 Å². The van der Waals surface area contributed by atoms with Crippen LogP contribution in [0.5, 0.6) is 5.75 Å². The molecule has 6 rings (SSSR count). The molecule has 15 N–H and O–H groups in total. The number of nitrogens with one attached hydrogen (secondary N) is 6. The molecule has 2 aromatic rings. The number of aromatic hydroxyl groups is 1. The van der Waals surface area contributed by atoms with Crippen LogP contribution >= 0.6 is 21.6 Å². The summed E-state index contributed by atoms with van der Waals surface area (Å²) in [7, 11) is 2.79. The van der Waals surface area contributed by atoms with Gasteiger partial charge in [0.2, 0.25) is 53.2 Å². The molecule has 7 atom stereocenters. The van der Waals surface area contributed by atoms with Gasteiger partial charge in [0.15, 0.2) is 5.96 Å². The molecule has 9 amide bonds. The number of carbonyl (C=O) groups excluding carboxylic acids is 9. The first kappa shape index (κ1) is 60.7. The number of amides is 9. The summed E-state index contributed by atoms with van der Waals surface area (Å²) in [5.74, 6) is -7.36. The van der Waals surface area contributed by atoms with Crippen LogP contribution in [0.1, 0.15) is 115 Å². The Hall–Kier alpha value is -6.56. The van der Waals surface area contributed by atoms with E-state index in [1.807, 2.05) is 0 Å². The Bertz CT molecular complexity index is 2450. The van der Waals surface area contributed by atoms with Crippen LogP contribution in [0.15, 0.2) is 59.6 Å². The fourth-order valence-corrected chi connectivity index (χ4v) is 15.0. The molecule has 2 saturated heterocycles. The lowest BCUT2D eigenvalue weighted by Gasteiger charge is -2.43. The van der Waals surface area contributed by atoms with Crippen molar-refractivity contribution in [2.24, 2.45) is 45.7 Å². The number of carbonyl (C=O) groups is 9. The average Bonchev–Trinajstić information content (AvgIpc) is 4.26. The van der Waals surface area contributed by atoms with E-state index in [0.29, 0.717) is 24.0 Å². The van der Waals surface area contributed by atoms with Gasteiger partial charge in [0, 0.05) is 42.9 Å². The zero-order valence-electron chi connectivity index (χ0n) is 44.5. The maximum Gasteiger partial charge on any atom is 0.246 e. The number of nitrogens with two attached hydrogens (primary N) is 4. The molecule has 426 valence electrons. The van der Waals surface area contributed by atoms with E-state index in [1.54, 1.807) is 56.3 Å². The molecule has 0 unspecified atom stereocenters. The van der Waals surface area contributed by atoms with Gasteiger partial charge in [-0.3, -0.25) is 48.1 Å². The Labute approximate surface area is 463 Å². The monoisotopic (exact) mass is 1120 g/mol. The number of guanidine groups is 1. The van der Waals surface area contributed by atoms with Crippen molar-refractivity contribution in [3.63, 3.8) is 0 Å². The fourth-order valence-electron chi connectivity index (χ4n) is 11.2. The highest BCUT2D eigenvalue weighted by Crippen LogP contribution is 2.57. The molecule has 0 bridgehead atoms. The Balaban J connectivity index is 1.40. The van der Waals surface area contributed by atoms with E-state index in [2.05, 4.69) is 36.9 Å². The van der Waals surface area contributed by atoms with Crippen molar-refractivity contribution >= 4 is 80.7 Å². The topological polar surface area (TPSA) is 366 Å². The number of aliphatic imine (C=N–C) groups is 1. The molecule has 4 fully saturated rings. The van der Waals surface area contributed by atoms with E-state index in [0.717, 1.165) is 51.4 Å². The Morgan fingerprint density at radius 3 is 1.90 bits per heavy atom. The molecule has 78 heavy (non-hydrogen) atoms. The lowest BCUT2D eigenvalue weighted by molar-refractivity contribution is -0.142. The zero-order valence-corrected chi connectivity index (χ0v) is 46.2. The summed E-state index contributed by atoms with van der Waals surface area (Å²) in [4.78, 5) is 133. The van der Waals surface area contributed by atoms with Crippen LogP contribution in [0, 0.1) is 17.8 Å². The van der Waals surface area contributed by atoms with Crippen LogP contribution in [0.25, 0.3) is 0 Å². The predicted molar refractivity (Wildman–Crippen MR) is 297 cm³/mol. The summed E-state index contributed by atoms with van der Waals surface area (Å²) in [6.45, 7) is 3.60. The van der Waals surface area contributed by atoms with Crippen molar-refractivity contribution in [2.45, 2.75) is 164 Å². The minimum Gasteiger partial charge on any atom is -0.508 e. The third-order valence-electron chi connectivity index (χ3n) is 15.3. The van der Waals surface area contributed by atoms with Gasteiger partial charge in [-0.2, -0.15) is 0 Å². The molecule has 2 saturated carbocycles. The number of hydrogen-bond donors (Lipinski definition) is 11. The smallest absolute Gasteiger partial charge is 0.246 e. The van der Waals surface area contributed by atoms with Gasteiger partial charge in [0.25, 0.3) is 0 Å². The molecular weight excluding hydrogens is 1040 g/mol. The van der Waals surface area contributed by atoms with Crippen LogP contribution in [-0.4, -0.2) is 135 Å². The van der Waals surface area contributed by atoms with E-state index in [-0.39, 0.29) is 74.5 Å². The largest absolute Gasteiger partial charge is 0.508 e. The molecule has 24 heteroatoms. The second-order valence-electron chi connectivity index (χ2n) is 21.3. The molecular formula is C54H78N12O10S2. The lowest BCUT2D eigenvalue weighted by atomic mass is 9.76. The number of benzene rings is 2. The lowest BCUT2D eigenvalue weighted by Crippen LogP contribution is -2.61. The number of primary amides is 2. The molecule has 2 aromatic carbocycles. The van der Waals surface area contributed by atoms with Gasteiger partial charge < -0.3 is 64.8 Å². The standard InChI is InChI=1S/C54H78N12O10S2/c1-31(2)45-51(75)63-40(28-43(55)68)48(72)64-41(52(76)66-25-11-19-42(66)50(74)61-37(46(56)70)18-10-24-59-53(57)58)30-77-78-54(34-14-6-7-15-34,35-16-8-9-17-35)29-44(69)60-38(27-33-20-22-36(67)23-21-33)47(71)62-39(49(73)65-45)26-32-12-4-3-5-13-32/h3-5,12-13,20-23,31,34-35,37-42,45,67H,6-11,14-19,24-30H2,1-2H3,(H2,55,68)(H2,56,70)(H,60,69)(H,61,74)(H,62,71)(H,63,75)(H,64,72)(H,65,73)(H4,57,58,59)/t37-,38+,39-,40-,41-,42+,45-/m0/s1. The van der Waals surface area contributed by atoms with Crippen LogP contribution < -0.4 is 54.8 Å². The number of hydrogen-bond acceptors (Lipinski definition) is 13. The van der Waals surface area contributed by atoms with E-state index in [9.17, 15) is 43.5 Å². The summed E-state index contributed by atoms with van der Waals surface area (Å²) in [5.41, 5.74) is 23.6. The first-order chi connectivity index (χ1) is 37.2. The third-order valence-corrected chi connectivity index (χ3v) is 18.7. The highest BCUT2D eigenvalue weighted by Gasteiger charge is 2.50. The highest BCUT2D eigenvalue weighted by molar-refractivity contribution is 8.77. The Morgan fingerprint density at radius 1 is 0.731 bits per heavy atom. The van der Waals surface area contributed by atoms with Crippen LogP contribution in [0.3, 0.4) is 0 Å². The fraction of sp³-hybridized carbons (Fsp3) is 0.593. The van der Waals surface area contributed by atoms with Gasteiger partial charge in [0.05, 0.1) is 6.42 Å². The quantitative estimate of drug-likeness (QED) is 0.0457. The second-order valence-corrected chi connectivity index (χ2v) is 24.0. The molecule has 2 aliphatic carbocycles. The van der Waals surface area contributed by atoms with Gasteiger partial charge in [-0.1, -0.05) is 104 Å². The third kappa shape index (κ3) is 17.0. The summed E-state index contributed by atoms with van der Waals surface area (Å²) in [6.07, 6.45) is 7.44. The van der Waals surface area contributed by atoms with E-state index >= 15 is 4.79 Å². The average molecular weight is 1120 g/mol. The van der Waals surface area contributed by atoms with Gasteiger partial charge >= 0.3 is 0 Å². The maximum atomic E-state index is 15.1. The maximum absolute atomic E-state index is 15.1. The Kier molecular flexibility index (Phi) is 22.5. The number of rotatable bonds is 17. The summed E-state index contributed by atoms with van der Waals surface area (Å²) < 4.78 is -0.717. The minimum atomic E-state index is -1.64. The van der Waals surface area contributed by atoms with Crippen molar-refractivity contribution in [1.29, 1.82) is 0 Å². The van der Waals surface area contributed by atoms with Gasteiger partial charge in [0.1, 0.15) is 48.0 Å². The summed E-state index contributed by atoms with van der Waals surface area (Å²) >= 11 is 0. The van der Waals surface area contributed by atoms with Gasteiger partial charge in [-0.15, -0.1) is 0 Å². The second kappa shape index (κ2) is 28.9. The number of nitrogens with zero attached hydrogens (tertiary/aromatic N) is 2. The van der Waals surface area contributed by atoms with Crippen molar-refractivity contribution < 1.29 is 48.3 Å². The van der Waals surface area contributed by atoms with Crippen LogP contribution in [0.2, 0.25) is 0 Å². The number of phenols is 1. The van der Waals surface area contributed by atoms with Gasteiger partial charge in [-0.25, -0.2) is 0 Å². The molecule has 2 aliphatic heterocycles. The Morgan fingerprint density at radius 2 is 1.31 bits per heavy atom. The van der Waals surface area contributed by atoms with E-state index < -0.39 is 113 Å². The molecule has 4 aliphatic rings. The zero-order chi connectivity index (χ0) is 56.5. The molecule has 0 radical (unpaired) electrons.